The molecule has 0 amide bonds. The number of nitrogens with one attached hydrogen (secondary N) is 1. The number of hydrogen-bond acceptors (Lipinski definition) is 6. The van der Waals surface area contributed by atoms with Crippen molar-refractivity contribution < 1.29 is 8.42 Å². The van der Waals surface area contributed by atoms with Crippen LogP contribution in [0.1, 0.15) is 5.56 Å². The SMILES string of the molecule is Nc1nc2ccccc2nc1NCCc1ccc(S(N)(=O)=O)cc1. The molecule has 0 radical (unpaired) electrons. The zero-order chi connectivity index (χ0) is 17.2. The van der Waals surface area contributed by atoms with Crippen molar-refractivity contribution in [2.24, 2.45) is 5.14 Å². The molecular weight excluding hydrogens is 326 g/mol. The molecular formula is C16H17N5O2S. The van der Waals surface area contributed by atoms with Crippen LogP contribution in [0, 0.1) is 0 Å². The van der Waals surface area contributed by atoms with Gasteiger partial charge in [0.05, 0.1) is 15.9 Å². The molecule has 0 unspecified atom stereocenters. The van der Waals surface area contributed by atoms with Gasteiger partial charge in [-0.25, -0.2) is 23.5 Å². The van der Waals surface area contributed by atoms with E-state index in [4.69, 9.17) is 10.9 Å². The average Bonchev–Trinajstić information content (AvgIpc) is 2.55. The van der Waals surface area contributed by atoms with Gasteiger partial charge >= 0.3 is 0 Å². The van der Waals surface area contributed by atoms with Gasteiger partial charge in [-0.2, -0.15) is 0 Å². The van der Waals surface area contributed by atoms with Gasteiger partial charge in [0.25, 0.3) is 0 Å². The van der Waals surface area contributed by atoms with E-state index in [2.05, 4.69) is 15.3 Å². The number of hydrogen-bond donors (Lipinski definition) is 3. The Morgan fingerprint density at radius 2 is 1.58 bits per heavy atom. The Hall–Kier alpha value is -2.71. The van der Waals surface area contributed by atoms with Gasteiger partial charge in [0, 0.05) is 6.54 Å². The van der Waals surface area contributed by atoms with E-state index in [-0.39, 0.29) is 4.90 Å². The van der Waals surface area contributed by atoms with Crippen LogP contribution in [0.3, 0.4) is 0 Å². The zero-order valence-corrected chi connectivity index (χ0v) is 13.6. The highest BCUT2D eigenvalue weighted by Crippen LogP contribution is 2.18. The highest BCUT2D eigenvalue weighted by Gasteiger charge is 2.07. The highest BCUT2D eigenvalue weighted by atomic mass is 32.2. The van der Waals surface area contributed by atoms with Gasteiger partial charge in [0.2, 0.25) is 10.0 Å². The van der Waals surface area contributed by atoms with Crippen molar-refractivity contribution in [3.63, 3.8) is 0 Å². The number of nitrogens with zero attached hydrogens (tertiary/aromatic N) is 2. The summed E-state index contributed by atoms with van der Waals surface area (Å²) in [6.07, 6.45) is 0.679. The van der Waals surface area contributed by atoms with Crippen molar-refractivity contribution in [3.05, 3.63) is 54.1 Å². The molecule has 0 atom stereocenters. The maximum Gasteiger partial charge on any atom is 0.238 e. The largest absolute Gasteiger partial charge is 0.381 e. The first-order chi connectivity index (χ1) is 11.4. The van der Waals surface area contributed by atoms with Crippen LogP contribution in [0.2, 0.25) is 0 Å². The van der Waals surface area contributed by atoms with Crippen LogP contribution in [0.15, 0.2) is 53.4 Å². The quantitative estimate of drug-likeness (QED) is 0.645. The number of nitrogen functional groups attached to an aromatic ring is 1. The summed E-state index contributed by atoms with van der Waals surface area (Å²) in [6, 6.07) is 14.0. The molecule has 3 aromatic rings. The van der Waals surface area contributed by atoms with E-state index in [9.17, 15) is 8.42 Å². The van der Waals surface area contributed by atoms with Gasteiger partial charge < -0.3 is 11.1 Å². The van der Waals surface area contributed by atoms with Crippen molar-refractivity contribution in [1.29, 1.82) is 0 Å². The van der Waals surface area contributed by atoms with Crippen molar-refractivity contribution in [3.8, 4) is 0 Å². The summed E-state index contributed by atoms with van der Waals surface area (Å²) in [7, 11) is -3.66. The minimum Gasteiger partial charge on any atom is -0.381 e. The number of nitrogens with two attached hydrogens (primary N) is 2. The smallest absolute Gasteiger partial charge is 0.238 e. The molecule has 0 fully saturated rings. The maximum atomic E-state index is 11.2. The number of fused-ring (bicyclic) bond motifs is 1. The number of anilines is 2. The number of aromatic nitrogens is 2. The molecule has 24 heavy (non-hydrogen) atoms. The van der Waals surface area contributed by atoms with Crippen molar-refractivity contribution in [2.45, 2.75) is 11.3 Å². The molecule has 8 heteroatoms. The number of rotatable bonds is 5. The second kappa shape index (κ2) is 6.42. The molecule has 3 rings (SSSR count). The summed E-state index contributed by atoms with van der Waals surface area (Å²) in [5.74, 6) is 0.883. The fourth-order valence-corrected chi connectivity index (χ4v) is 2.83. The second-order valence-corrected chi connectivity index (χ2v) is 6.87. The predicted molar refractivity (Wildman–Crippen MR) is 94.0 cm³/mol. The van der Waals surface area contributed by atoms with Crippen LogP contribution in [0.4, 0.5) is 11.6 Å². The molecule has 1 heterocycles. The Bertz CT molecular complexity index is 971. The lowest BCUT2D eigenvalue weighted by Gasteiger charge is -2.09. The van der Waals surface area contributed by atoms with Crippen molar-refractivity contribution in [2.75, 3.05) is 17.6 Å². The maximum absolute atomic E-state index is 11.2. The first kappa shape index (κ1) is 16.2. The zero-order valence-electron chi connectivity index (χ0n) is 12.8. The van der Waals surface area contributed by atoms with E-state index in [0.29, 0.717) is 24.6 Å². The van der Waals surface area contributed by atoms with E-state index in [0.717, 1.165) is 16.6 Å². The molecule has 0 spiro atoms. The van der Waals surface area contributed by atoms with Gasteiger partial charge in [0.15, 0.2) is 11.6 Å². The topological polar surface area (TPSA) is 124 Å². The summed E-state index contributed by atoms with van der Waals surface area (Å²) in [4.78, 5) is 8.87. The van der Waals surface area contributed by atoms with Gasteiger partial charge in [0.1, 0.15) is 0 Å². The van der Waals surface area contributed by atoms with Crippen LogP contribution in [-0.2, 0) is 16.4 Å². The van der Waals surface area contributed by atoms with Crippen LogP contribution in [-0.4, -0.2) is 24.9 Å². The van der Waals surface area contributed by atoms with Gasteiger partial charge in [-0.15, -0.1) is 0 Å². The average molecular weight is 343 g/mol. The number of primary sulfonamides is 1. The van der Waals surface area contributed by atoms with Crippen LogP contribution in [0.5, 0.6) is 0 Å². The van der Waals surface area contributed by atoms with Crippen LogP contribution in [0.25, 0.3) is 11.0 Å². The van der Waals surface area contributed by atoms with Crippen molar-refractivity contribution >= 4 is 32.7 Å². The molecule has 2 aromatic carbocycles. The minimum absolute atomic E-state index is 0.101. The first-order valence-electron chi connectivity index (χ1n) is 7.31. The lowest BCUT2D eigenvalue weighted by molar-refractivity contribution is 0.598. The van der Waals surface area contributed by atoms with E-state index in [1.165, 1.54) is 12.1 Å². The van der Waals surface area contributed by atoms with Gasteiger partial charge in [-0.05, 0) is 36.2 Å². The summed E-state index contributed by atoms with van der Waals surface area (Å²) in [6.45, 7) is 0.589. The lowest BCUT2D eigenvalue weighted by Crippen LogP contribution is -2.12. The summed E-state index contributed by atoms with van der Waals surface area (Å²) < 4.78 is 22.4. The summed E-state index contributed by atoms with van der Waals surface area (Å²) >= 11 is 0. The fourth-order valence-electron chi connectivity index (χ4n) is 2.31. The van der Waals surface area contributed by atoms with E-state index in [1.807, 2.05) is 24.3 Å². The standard InChI is InChI=1S/C16H17N5O2S/c17-15-16(21-14-4-2-1-3-13(14)20-15)19-10-9-11-5-7-12(8-6-11)24(18,22)23/h1-8H,9-10H2,(H2,17,20)(H,19,21)(H2,18,22,23). The first-order valence-corrected chi connectivity index (χ1v) is 8.86. The molecule has 5 N–H and O–H groups in total. The third kappa shape index (κ3) is 3.61. The number of benzene rings is 2. The molecule has 7 nitrogen and oxygen atoms in total. The molecule has 124 valence electrons. The van der Waals surface area contributed by atoms with Crippen molar-refractivity contribution in [1.82, 2.24) is 9.97 Å². The molecule has 0 aliphatic rings. The van der Waals surface area contributed by atoms with Crippen LogP contribution >= 0.6 is 0 Å². The molecule has 1 aromatic heterocycles. The summed E-state index contributed by atoms with van der Waals surface area (Å²) in [5, 5.41) is 8.23. The Morgan fingerprint density at radius 3 is 2.21 bits per heavy atom. The second-order valence-electron chi connectivity index (χ2n) is 5.31. The van der Waals surface area contributed by atoms with E-state index in [1.54, 1.807) is 12.1 Å². The van der Waals surface area contributed by atoms with Gasteiger partial charge in [-0.1, -0.05) is 24.3 Å². The third-order valence-electron chi connectivity index (χ3n) is 3.56. The molecule has 0 aliphatic heterocycles. The Balaban J connectivity index is 1.67. The monoisotopic (exact) mass is 343 g/mol. The third-order valence-corrected chi connectivity index (χ3v) is 4.48. The van der Waals surface area contributed by atoms with Gasteiger partial charge in [-0.3, -0.25) is 0 Å². The van der Waals surface area contributed by atoms with E-state index >= 15 is 0 Å². The highest BCUT2D eigenvalue weighted by molar-refractivity contribution is 7.89. The Labute approximate surface area is 139 Å². The Morgan fingerprint density at radius 1 is 0.958 bits per heavy atom. The Kier molecular flexibility index (Phi) is 4.32. The molecule has 0 saturated heterocycles. The normalized spacial score (nSPS) is 11.5. The fraction of sp³-hybridized carbons (Fsp3) is 0.125. The van der Waals surface area contributed by atoms with E-state index < -0.39 is 10.0 Å². The molecule has 0 aliphatic carbocycles. The van der Waals surface area contributed by atoms with Crippen LogP contribution < -0.4 is 16.2 Å². The number of para-hydroxylation sites is 2. The lowest BCUT2D eigenvalue weighted by atomic mass is 10.1. The number of sulfonamides is 1. The molecule has 0 bridgehead atoms. The summed E-state index contributed by atoms with van der Waals surface area (Å²) in [5.41, 5.74) is 8.41. The predicted octanol–water partition coefficient (Wildman–Crippen LogP) is 1.51. The molecule has 0 saturated carbocycles. The minimum atomic E-state index is -3.66.